The predicted molar refractivity (Wildman–Crippen MR) is 56.7 cm³/mol. The predicted octanol–water partition coefficient (Wildman–Crippen LogP) is 1.85. The Hall–Kier alpha value is -2.18. The normalized spacial score (nSPS) is 12.0. The van der Waals surface area contributed by atoms with Crippen LogP contribution in [-0.2, 0) is 9.53 Å². The molecule has 0 aromatic heterocycles. The zero-order chi connectivity index (χ0) is 13.9. The lowest BCUT2D eigenvalue weighted by Gasteiger charge is -2.07. The second-order valence-corrected chi connectivity index (χ2v) is 3.23. The number of carbonyl (C=O) groups excluding carboxylic acids is 1. The molecule has 0 unspecified atom stereocenters. The molecule has 7 heteroatoms. The lowest BCUT2D eigenvalue weighted by atomic mass is 10.1. The maximum Gasteiger partial charge on any atom is 0.358 e. The number of benzene rings is 1. The number of rotatable bonds is 3. The third kappa shape index (κ3) is 2.73. The van der Waals surface area contributed by atoms with Crippen molar-refractivity contribution in [1.82, 2.24) is 0 Å². The summed E-state index contributed by atoms with van der Waals surface area (Å²) in [7, 11) is 0. The molecule has 0 radical (unpaired) electrons. The van der Waals surface area contributed by atoms with Crippen molar-refractivity contribution in [2.75, 3.05) is 6.61 Å². The summed E-state index contributed by atoms with van der Waals surface area (Å²) in [4.78, 5) is 11.2. The first-order valence-electron chi connectivity index (χ1n) is 4.89. The number of carbonyl (C=O) groups is 1. The molecule has 0 aliphatic carbocycles. The van der Waals surface area contributed by atoms with Crippen molar-refractivity contribution < 1.29 is 27.8 Å². The Bertz CT molecular complexity index is 515. The van der Waals surface area contributed by atoms with E-state index in [0.29, 0.717) is 6.07 Å². The molecule has 0 atom stereocenters. The van der Waals surface area contributed by atoms with Gasteiger partial charge in [0.2, 0.25) is 0 Å². The number of nitrogens with two attached hydrogens (primary N) is 1. The fourth-order valence-electron chi connectivity index (χ4n) is 1.15. The fourth-order valence-corrected chi connectivity index (χ4v) is 1.15. The summed E-state index contributed by atoms with van der Waals surface area (Å²) < 4.78 is 43.3. The highest BCUT2D eigenvalue weighted by atomic mass is 19.2. The third-order valence-electron chi connectivity index (χ3n) is 2.02. The van der Waals surface area contributed by atoms with Gasteiger partial charge in [0.05, 0.1) is 12.2 Å². The van der Waals surface area contributed by atoms with E-state index in [4.69, 9.17) is 5.73 Å². The maximum absolute atomic E-state index is 13.3. The van der Waals surface area contributed by atoms with Gasteiger partial charge in [0, 0.05) is 6.07 Å². The van der Waals surface area contributed by atoms with Gasteiger partial charge in [0.1, 0.15) is 5.82 Å². The van der Waals surface area contributed by atoms with Gasteiger partial charge in [-0.3, -0.25) is 0 Å². The Morgan fingerprint density at radius 2 is 1.83 bits per heavy atom. The van der Waals surface area contributed by atoms with Crippen molar-refractivity contribution in [3.8, 4) is 0 Å². The molecule has 1 rings (SSSR count). The number of halogens is 3. The molecule has 0 spiro atoms. The standard InChI is InChI=1S/C11H10F3NO3/c1-2-18-11(17)9(15)10(16)5-3-7(13)8(14)4-6(5)12/h3-4,16H,2,15H2,1H3. The summed E-state index contributed by atoms with van der Waals surface area (Å²) in [6.45, 7) is 1.49. The Morgan fingerprint density at radius 1 is 1.28 bits per heavy atom. The molecule has 0 fully saturated rings. The maximum atomic E-state index is 13.3. The topological polar surface area (TPSA) is 72.5 Å². The minimum Gasteiger partial charge on any atom is -0.505 e. The van der Waals surface area contributed by atoms with Crippen LogP contribution < -0.4 is 5.73 Å². The Balaban J connectivity index is 3.25. The molecule has 1 aromatic carbocycles. The smallest absolute Gasteiger partial charge is 0.358 e. The Morgan fingerprint density at radius 3 is 2.39 bits per heavy atom. The molecule has 0 aliphatic rings. The highest BCUT2D eigenvalue weighted by molar-refractivity contribution is 5.94. The van der Waals surface area contributed by atoms with Crippen LogP contribution in [0.1, 0.15) is 12.5 Å². The first-order valence-corrected chi connectivity index (χ1v) is 4.89. The number of aliphatic hydroxyl groups is 1. The van der Waals surface area contributed by atoms with Crippen LogP contribution in [0.5, 0.6) is 0 Å². The van der Waals surface area contributed by atoms with E-state index in [9.17, 15) is 23.1 Å². The molecule has 0 saturated carbocycles. The van der Waals surface area contributed by atoms with Gasteiger partial charge in [0.15, 0.2) is 23.1 Å². The van der Waals surface area contributed by atoms with Crippen LogP contribution >= 0.6 is 0 Å². The SMILES string of the molecule is CCOC(=O)C(N)=C(O)c1cc(F)c(F)cc1F. The average Bonchev–Trinajstić information content (AvgIpc) is 2.32. The molecule has 0 heterocycles. The van der Waals surface area contributed by atoms with Crippen molar-refractivity contribution in [3.63, 3.8) is 0 Å². The molecule has 1 aromatic rings. The van der Waals surface area contributed by atoms with Gasteiger partial charge in [-0.1, -0.05) is 0 Å². The van der Waals surface area contributed by atoms with Gasteiger partial charge >= 0.3 is 5.97 Å². The first-order chi connectivity index (χ1) is 8.38. The largest absolute Gasteiger partial charge is 0.505 e. The second kappa shape index (κ2) is 5.44. The molecule has 18 heavy (non-hydrogen) atoms. The van der Waals surface area contributed by atoms with Gasteiger partial charge in [-0.15, -0.1) is 0 Å². The number of ether oxygens (including phenoxy) is 1. The van der Waals surface area contributed by atoms with Crippen molar-refractivity contribution >= 4 is 11.7 Å². The van der Waals surface area contributed by atoms with E-state index in [2.05, 4.69) is 4.74 Å². The van der Waals surface area contributed by atoms with Crippen LogP contribution in [0.4, 0.5) is 13.2 Å². The quantitative estimate of drug-likeness (QED) is 0.377. The number of hydrogen-bond donors (Lipinski definition) is 2. The zero-order valence-corrected chi connectivity index (χ0v) is 9.34. The van der Waals surface area contributed by atoms with Crippen LogP contribution in [0, 0.1) is 17.5 Å². The van der Waals surface area contributed by atoms with Gasteiger partial charge in [-0.2, -0.15) is 0 Å². The van der Waals surface area contributed by atoms with Crippen molar-refractivity contribution in [2.45, 2.75) is 6.92 Å². The number of hydrogen-bond acceptors (Lipinski definition) is 4. The average molecular weight is 261 g/mol. The summed E-state index contributed by atoms with van der Waals surface area (Å²) in [6.07, 6.45) is 0. The highest BCUT2D eigenvalue weighted by Gasteiger charge is 2.19. The summed E-state index contributed by atoms with van der Waals surface area (Å²) in [5.41, 5.74) is 3.70. The number of aliphatic hydroxyl groups excluding tert-OH is 1. The molecular formula is C11H10F3NO3. The van der Waals surface area contributed by atoms with E-state index in [1.54, 1.807) is 0 Å². The molecule has 3 N–H and O–H groups in total. The van der Waals surface area contributed by atoms with E-state index >= 15 is 0 Å². The molecule has 0 amide bonds. The minimum absolute atomic E-state index is 0.00687. The highest BCUT2D eigenvalue weighted by Crippen LogP contribution is 2.21. The van der Waals surface area contributed by atoms with Gasteiger partial charge < -0.3 is 15.6 Å². The molecule has 0 bridgehead atoms. The lowest BCUT2D eigenvalue weighted by Crippen LogP contribution is -2.17. The zero-order valence-electron chi connectivity index (χ0n) is 9.34. The van der Waals surface area contributed by atoms with Crippen LogP contribution in [-0.4, -0.2) is 17.7 Å². The Labute approximate surface area is 100 Å². The van der Waals surface area contributed by atoms with Crippen LogP contribution in [0.25, 0.3) is 5.76 Å². The fraction of sp³-hybridized carbons (Fsp3) is 0.182. The monoisotopic (exact) mass is 261 g/mol. The van der Waals surface area contributed by atoms with Crippen molar-refractivity contribution in [2.24, 2.45) is 5.73 Å². The summed E-state index contributed by atoms with van der Waals surface area (Å²) >= 11 is 0. The van der Waals surface area contributed by atoms with E-state index < -0.39 is 40.4 Å². The van der Waals surface area contributed by atoms with Gasteiger partial charge in [0.25, 0.3) is 0 Å². The van der Waals surface area contributed by atoms with Crippen LogP contribution in [0.2, 0.25) is 0 Å². The molecule has 98 valence electrons. The Kier molecular flexibility index (Phi) is 4.19. The lowest BCUT2D eigenvalue weighted by molar-refractivity contribution is -0.138. The summed E-state index contributed by atoms with van der Waals surface area (Å²) in [5, 5.41) is 9.51. The first kappa shape index (κ1) is 13.9. The molecule has 0 saturated heterocycles. The van der Waals surface area contributed by atoms with E-state index in [1.807, 2.05) is 0 Å². The van der Waals surface area contributed by atoms with Crippen molar-refractivity contribution in [1.29, 1.82) is 0 Å². The molecule has 4 nitrogen and oxygen atoms in total. The van der Waals surface area contributed by atoms with Crippen LogP contribution in [0.15, 0.2) is 17.8 Å². The summed E-state index contributed by atoms with van der Waals surface area (Å²) in [6, 6.07) is 0.630. The number of esters is 1. The summed E-state index contributed by atoms with van der Waals surface area (Å²) in [5.74, 6) is -6.14. The van der Waals surface area contributed by atoms with E-state index in [-0.39, 0.29) is 12.7 Å². The minimum atomic E-state index is -1.42. The molecule has 0 aliphatic heterocycles. The van der Waals surface area contributed by atoms with Crippen molar-refractivity contribution in [3.05, 3.63) is 40.8 Å². The molecular weight excluding hydrogens is 251 g/mol. The van der Waals surface area contributed by atoms with Gasteiger partial charge in [-0.05, 0) is 13.0 Å². The van der Waals surface area contributed by atoms with Gasteiger partial charge in [-0.25, -0.2) is 18.0 Å². The third-order valence-corrected chi connectivity index (χ3v) is 2.02. The van der Waals surface area contributed by atoms with E-state index in [0.717, 1.165) is 0 Å². The van der Waals surface area contributed by atoms with Crippen LogP contribution in [0.3, 0.4) is 0 Å². The van der Waals surface area contributed by atoms with E-state index in [1.165, 1.54) is 6.92 Å². The second-order valence-electron chi connectivity index (χ2n) is 3.23.